The first-order valence-corrected chi connectivity index (χ1v) is 10.4. The smallest absolute Gasteiger partial charge is 0.217 e. The van der Waals surface area contributed by atoms with E-state index in [2.05, 4.69) is 46.3 Å². The van der Waals surface area contributed by atoms with Crippen molar-refractivity contribution in [3.05, 3.63) is 29.8 Å². The van der Waals surface area contributed by atoms with Crippen LogP contribution in [-0.4, -0.2) is 62.7 Å². The number of morpholine rings is 1. The Balaban J connectivity index is 0.00000300. The van der Waals surface area contributed by atoms with Gasteiger partial charge >= 0.3 is 0 Å². The minimum Gasteiger partial charge on any atom is -0.378 e. The Hall–Kier alpha value is -1.55. The third-order valence-corrected chi connectivity index (χ3v) is 5.37. The monoisotopic (exact) mass is 515 g/mol. The van der Waals surface area contributed by atoms with E-state index in [1.54, 1.807) is 0 Å². The number of nitrogens with zero attached hydrogens (tertiary/aromatic N) is 3. The number of nitrogens with two attached hydrogens (primary N) is 1. The van der Waals surface area contributed by atoms with Gasteiger partial charge in [-0.1, -0.05) is 12.1 Å². The van der Waals surface area contributed by atoms with Gasteiger partial charge in [0, 0.05) is 44.8 Å². The molecule has 0 radical (unpaired) electrons. The number of hydrogen-bond acceptors (Lipinski definition) is 4. The normalized spacial score (nSPS) is 20.2. The molecule has 1 amide bonds. The Morgan fingerprint density at radius 2 is 1.97 bits per heavy atom. The quantitative estimate of drug-likeness (QED) is 0.345. The largest absolute Gasteiger partial charge is 0.378 e. The summed E-state index contributed by atoms with van der Waals surface area (Å²) in [6.45, 7) is 8.84. The number of carbonyl (C=O) groups is 1. The summed E-state index contributed by atoms with van der Waals surface area (Å²) in [5.74, 6) is 1.03. The zero-order chi connectivity index (χ0) is 19.8. The highest BCUT2D eigenvalue weighted by Crippen LogP contribution is 2.20. The van der Waals surface area contributed by atoms with Gasteiger partial charge < -0.3 is 25.6 Å². The van der Waals surface area contributed by atoms with E-state index < -0.39 is 0 Å². The Kier molecular flexibility index (Phi) is 9.99. The summed E-state index contributed by atoms with van der Waals surface area (Å²) in [5, 5.41) is 3.40. The molecule has 0 spiro atoms. The summed E-state index contributed by atoms with van der Waals surface area (Å²) >= 11 is 0. The summed E-state index contributed by atoms with van der Waals surface area (Å²) in [4.78, 5) is 20.7. The second-order valence-corrected chi connectivity index (χ2v) is 7.56. The molecule has 2 heterocycles. The molecule has 29 heavy (non-hydrogen) atoms. The van der Waals surface area contributed by atoms with E-state index in [4.69, 9.17) is 15.5 Å². The first-order valence-electron chi connectivity index (χ1n) is 10.4. The Labute approximate surface area is 191 Å². The van der Waals surface area contributed by atoms with Crippen LogP contribution < -0.4 is 16.0 Å². The lowest BCUT2D eigenvalue weighted by Gasteiger charge is -2.34. The van der Waals surface area contributed by atoms with Crippen LogP contribution in [0.25, 0.3) is 0 Å². The average Bonchev–Trinajstić information content (AvgIpc) is 2.72. The van der Waals surface area contributed by atoms with Crippen LogP contribution in [-0.2, 0) is 16.1 Å². The van der Waals surface area contributed by atoms with Crippen molar-refractivity contribution >= 4 is 41.5 Å². The summed E-state index contributed by atoms with van der Waals surface area (Å²) in [7, 11) is 0. The number of aliphatic imine (C=N–C) groups is 1. The van der Waals surface area contributed by atoms with Crippen molar-refractivity contribution in [2.45, 2.75) is 32.7 Å². The second-order valence-electron chi connectivity index (χ2n) is 7.56. The minimum absolute atomic E-state index is 0. The molecule has 2 saturated heterocycles. The molecule has 2 fully saturated rings. The highest BCUT2D eigenvalue weighted by atomic mass is 127. The molecule has 0 bridgehead atoms. The van der Waals surface area contributed by atoms with Crippen LogP contribution in [0, 0.1) is 5.92 Å². The Morgan fingerprint density at radius 1 is 1.24 bits per heavy atom. The number of ether oxygens (including phenoxy) is 1. The third-order valence-electron chi connectivity index (χ3n) is 5.37. The molecular formula is C21H34IN5O2. The fraction of sp³-hybridized carbons (Fsp3) is 0.619. The maximum atomic E-state index is 11.3. The van der Waals surface area contributed by atoms with E-state index in [0.29, 0.717) is 18.9 Å². The molecule has 2 aliphatic rings. The number of guanidine groups is 1. The van der Waals surface area contributed by atoms with Crippen LogP contribution in [0.1, 0.15) is 31.7 Å². The number of carbonyl (C=O) groups excluding carboxylic acids is 1. The van der Waals surface area contributed by atoms with E-state index in [1.165, 1.54) is 11.3 Å². The van der Waals surface area contributed by atoms with Gasteiger partial charge in [-0.15, -0.1) is 24.0 Å². The molecule has 1 aromatic carbocycles. The van der Waals surface area contributed by atoms with Crippen LogP contribution in [0.2, 0.25) is 0 Å². The van der Waals surface area contributed by atoms with Gasteiger partial charge in [0.2, 0.25) is 5.91 Å². The zero-order valence-corrected chi connectivity index (χ0v) is 19.6. The second kappa shape index (κ2) is 12.2. The highest BCUT2D eigenvalue weighted by molar-refractivity contribution is 14.0. The van der Waals surface area contributed by atoms with Gasteiger partial charge in [0.05, 0.1) is 19.8 Å². The van der Waals surface area contributed by atoms with Crippen LogP contribution >= 0.6 is 24.0 Å². The van der Waals surface area contributed by atoms with Gasteiger partial charge in [0.1, 0.15) is 0 Å². The number of rotatable bonds is 6. The number of hydrogen-bond donors (Lipinski definition) is 2. The van der Waals surface area contributed by atoms with Crippen LogP contribution in [0.4, 0.5) is 5.69 Å². The van der Waals surface area contributed by atoms with E-state index >= 15 is 0 Å². The maximum Gasteiger partial charge on any atom is 0.217 e. The summed E-state index contributed by atoms with van der Waals surface area (Å²) in [6.07, 6.45) is 2.58. The van der Waals surface area contributed by atoms with Crippen molar-refractivity contribution in [3.8, 4) is 0 Å². The molecule has 8 heteroatoms. The number of amides is 1. The van der Waals surface area contributed by atoms with Crippen LogP contribution in [0.15, 0.2) is 29.3 Å². The van der Waals surface area contributed by atoms with Crippen molar-refractivity contribution in [1.29, 1.82) is 0 Å². The number of halogens is 1. The van der Waals surface area contributed by atoms with E-state index in [-0.39, 0.29) is 29.9 Å². The first kappa shape index (κ1) is 23.7. The fourth-order valence-electron chi connectivity index (χ4n) is 3.93. The van der Waals surface area contributed by atoms with Crippen LogP contribution in [0.5, 0.6) is 0 Å². The lowest BCUT2D eigenvalue weighted by Crippen LogP contribution is -2.47. The van der Waals surface area contributed by atoms with Gasteiger partial charge in [0.25, 0.3) is 0 Å². The summed E-state index contributed by atoms with van der Waals surface area (Å²) < 4.78 is 5.42. The van der Waals surface area contributed by atoms with Gasteiger partial charge in [-0.2, -0.15) is 0 Å². The van der Waals surface area contributed by atoms with Gasteiger partial charge in [-0.05, 0) is 43.4 Å². The maximum absolute atomic E-state index is 11.3. The lowest BCUT2D eigenvalue weighted by atomic mass is 9.95. The molecular weight excluding hydrogens is 481 g/mol. The summed E-state index contributed by atoms with van der Waals surface area (Å²) in [5.41, 5.74) is 7.83. The molecule has 0 aliphatic carbocycles. The van der Waals surface area contributed by atoms with E-state index in [1.807, 2.05) is 0 Å². The number of anilines is 1. The molecule has 3 N–H and O–H groups in total. The SMILES string of the molecule is CCNC(=NCc1ccc(N2CCOCC2)cc1)N1CCCC(CC(N)=O)C1.I. The number of likely N-dealkylation sites (tertiary alicyclic amines) is 1. The third kappa shape index (κ3) is 7.33. The minimum atomic E-state index is -0.214. The molecule has 2 aliphatic heterocycles. The number of benzene rings is 1. The number of nitrogens with one attached hydrogen (secondary N) is 1. The van der Waals surface area contributed by atoms with E-state index in [9.17, 15) is 4.79 Å². The molecule has 0 saturated carbocycles. The first-order chi connectivity index (χ1) is 13.7. The van der Waals surface area contributed by atoms with Crippen molar-refractivity contribution in [2.75, 3.05) is 50.8 Å². The number of piperidine rings is 1. The standard InChI is InChI=1S/C21H33N5O2.HI/c1-2-23-21(26-9-3-4-18(16-26)14-20(22)27)24-15-17-5-7-19(8-6-17)25-10-12-28-13-11-25;/h5-8,18H,2-4,9-16H2,1H3,(H2,22,27)(H,23,24);1H. The van der Waals surface area contributed by atoms with Gasteiger partial charge in [0.15, 0.2) is 5.96 Å². The fourth-order valence-corrected chi connectivity index (χ4v) is 3.93. The van der Waals surface area contributed by atoms with Crippen molar-refractivity contribution in [1.82, 2.24) is 10.2 Å². The molecule has 1 unspecified atom stereocenters. The molecule has 162 valence electrons. The van der Waals surface area contributed by atoms with Crippen molar-refractivity contribution < 1.29 is 9.53 Å². The molecule has 0 aromatic heterocycles. The Bertz CT molecular complexity index is 662. The van der Waals surface area contributed by atoms with E-state index in [0.717, 1.165) is 64.7 Å². The molecule has 3 rings (SSSR count). The summed E-state index contributed by atoms with van der Waals surface area (Å²) in [6, 6.07) is 8.66. The van der Waals surface area contributed by atoms with Crippen molar-refractivity contribution in [3.63, 3.8) is 0 Å². The lowest BCUT2D eigenvalue weighted by molar-refractivity contribution is -0.119. The molecule has 1 atom stereocenters. The zero-order valence-electron chi connectivity index (χ0n) is 17.3. The van der Waals surface area contributed by atoms with Crippen molar-refractivity contribution in [2.24, 2.45) is 16.6 Å². The Morgan fingerprint density at radius 3 is 2.62 bits per heavy atom. The molecule has 1 aromatic rings. The van der Waals surface area contributed by atoms with Crippen LogP contribution in [0.3, 0.4) is 0 Å². The number of primary amides is 1. The predicted molar refractivity (Wildman–Crippen MR) is 128 cm³/mol. The predicted octanol–water partition coefficient (Wildman–Crippen LogP) is 2.19. The van der Waals surface area contributed by atoms with Gasteiger partial charge in [-0.25, -0.2) is 4.99 Å². The molecule has 7 nitrogen and oxygen atoms in total. The average molecular weight is 515 g/mol. The van der Waals surface area contributed by atoms with Gasteiger partial charge in [-0.3, -0.25) is 4.79 Å². The highest BCUT2D eigenvalue weighted by Gasteiger charge is 2.23. The topological polar surface area (TPSA) is 83.2 Å².